The maximum atomic E-state index is 14.6. The number of aromatic nitrogens is 12. The summed E-state index contributed by atoms with van der Waals surface area (Å²) in [6.07, 6.45) is -16.8. The number of hydrogen-bond donors (Lipinski definition) is 11. The number of H-pyrrole nitrogens is 2. The highest BCUT2D eigenvalue weighted by Gasteiger charge is 2.56. The van der Waals surface area contributed by atoms with Gasteiger partial charge in [-0.2, -0.15) is 13.6 Å². The molecular formula is C54H64N15O28P4+. The van der Waals surface area contributed by atoms with Crippen molar-refractivity contribution in [1.29, 1.82) is 0 Å². The first-order chi connectivity index (χ1) is 47.7. The number of anilines is 3. The predicted octanol–water partition coefficient (Wildman–Crippen LogP) is 1.04. The molecule has 101 heavy (non-hydrogen) atoms. The first kappa shape index (κ1) is 73.9. The van der Waals surface area contributed by atoms with E-state index in [0.29, 0.717) is 0 Å². The highest BCUT2D eigenvalue weighted by atomic mass is 31.3. The van der Waals surface area contributed by atoms with Gasteiger partial charge in [-0.1, -0.05) is 69.1 Å². The molecule has 0 radical (unpaired) electrons. The summed E-state index contributed by atoms with van der Waals surface area (Å²) in [6.45, 7) is 2.39. The number of nitrogens with zero attached hydrogens (tertiary/aromatic N) is 10. The number of nitrogens with one attached hydrogen (secondary N) is 4. The lowest BCUT2D eigenvalue weighted by Crippen LogP contribution is -2.46. The lowest BCUT2D eigenvalue weighted by molar-refractivity contribution is -0.745. The van der Waals surface area contributed by atoms with Crippen molar-refractivity contribution in [2.75, 3.05) is 43.3 Å². The van der Waals surface area contributed by atoms with Gasteiger partial charge in [0.25, 0.3) is 28.9 Å². The third-order valence-corrected chi connectivity index (χ3v) is 20.7. The maximum Gasteiger partial charge on any atom is 0.490 e. The van der Waals surface area contributed by atoms with Crippen molar-refractivity contribution in [3.63, 3.8) is 0 Å². The zero-order valence-corrected chi connectivity index (χ0v) is 56.9. The fourth-order valence-corrected chi connectivity index (χ4v) is 15.2. The standard InChI is InChI=1S/C54H63N15O28P4/c1-24(2)51(76)93-37-30(92-49(38(37)94-52(77)25(3)4)68-22-59-32-42(68)62-54(65-46(32)74)64-45(73)27-15-11-8-12-16-27)19-87-98(78,79)95-39-36(86-6)29(91-50(39)67-21-58-31-40(56-20-57-41(31)67)60-44(72)26-13-9-7-10-14-26)18-89-100(82,83)97-101(84,85)96-99(80,81)88-17-28-34(70)35(71)48(90-28)69-23-66(5)33-43(69)61-53(55)63-47(33)75/h7-16,20-25,28-30,34-39,48-50,70-71H,17-19H2,1-6H3,(H9-,55,56,57,60,61,62,63,64,65,72,73,74,75,78,79,80,81,82,83,84,85)/p+1/t28-,29-,30-,34-,35-,36-,37-,38-,39-,48-,49-,50-/m1/s1. The van der Waals surface area contributed by atoms with Crippen LogP contribution in [0.3, 0.4) is 0 Å². The number of aliphatic hydroxyl groups is 2. The highest BCUT2D eigenvalue weighted by Crippen LogP contribution is 2.68. The van der Waals surface area contributed by atoms with E-state index in [4.69, 9.17) is 52.2 Å². The number of hydrogen-bond acceptors (Lipinski definition) is 31. The van der Waals surface area contributed by atoms with Crippen molar-refractivity contribution >= 4 is 106 Å². The molecule has 0 aliphatic carbocycles. The number of esters is 2. The minimum absolute atomic E-state index is 0.0398. The number of methoxy groups -OCH3 is 1. The number of carbonyl (C=O) groups is 4. The number of amides is 2. The van der Waals surface area contributed by atoms with Gasteiger partial charge in [0.1, 0.15) is 49.1 Å². The number of ether oxygens (including phenoxy) is 6. The smallest absolute Gasteiger partial charge is 0.455 e. The molecule has 47 heteroatoms. The van der Waals surface area contributed by atoms with E-state index in [-0.39, 0.29) is 62.3 Å². The normalized spacial score (nSPS) is 25.4. The second kappa shape index (κ2) is 29.5. The van der Waals surface area contributed by atoms with Crippen LogP contribution in [0.25, 0.3) is 33.5 Å². The van der Waals surface area contributed by atoms with Crippen LogP contribution in [0.5, 0.6) is 0 Å². The van der Waals surface area contributed by atoms with E-state index in [2.05, 4.69) is 59.1 Å². The van der Waals surface area contributed by atoms with Crippen LogP contribution in [0.4, 0.5) is 17.7 Å². The van der Waals surface area contributed by atoms with E-state index >= 15 is 0 Å². The summed E-state index contributed by atoms with van der Waals surface area (Å²) < 4.78 is 125. The number of aryl methyl sites for hydroxylation is 1. The van der Waals surface area contributed by atoms with Crippen LogP contribution in [0.1, 0.15) is 67.1 Å². The average Bonchev–Trinajstić information content (AvgIpc) is 1.62. The van der Waals surface area contributed by atoms with E-state index in [1.807, 2.05) is 0 Å². The summed E-state index contributed by atoms with van der Waals surface area (Å²) in [7, 11) is -21.5. The van der Waals surface area contributed by atoms with Gasteiger partial charge < -0.3 is 69.3 Å². The number of rotatable bonds is 27. The van der Waals surface area contributed by atoms with Crippen LogP contribution in [0, 0.1) is 11.8 Å². The fraction of sp³-hybridized carbons (Fsp3) is 0.426. The molecule has 43 nitrogen and oxygen atoms in total. The van der Waals surface area contributed by atoms with Gasteiger partial charge in [0.2, 0.25) is 17.7 Å². The van der Waals surface area contributed by atoms with Crippen LogP contribution < -0.4 is 32.1 Å². The lowest BCUT2D eigenvalue weighted by Gasteiger charge is -2.27. The molecule has 0 bridgehead atoms. The Hall–Kier alpha value is -8.35. The Labute approximate surface area is 566 Å². The van der Waals surface area contributed by atoms with Gasteiger partial charge in [0.05, 0.1) is 51.4 Å². The topological polar surface area (TPSA) is 581 Å². The van der Waals surface area contributed by atoms with Crippen molar-refractivity contribution in [3.05, 3.63) is 118 Å². The summed E-state index contributed by atoms with van der Waals surface area (Å²) in [5, 5.41) is 26.8. The molecule has 3 aliphatic rings. The van der Waals surface area contributed by atoms with Crippen LogP contribution in [-0.2, 0) is 90.0 Å². The van der Waals surface area contributed by atoms with Gasteiger partial charge in [-0.05, 0) is 24.3 Å². The number of phosphoric ester groups is 3. The molecule has 0 spiro atoms. The second-order valence-electron chi connectivity index (χ2n) is 23.2. The monoisotopic (exact) mass is 1490 g/mol. The van der Waals surface area contributed by atoms with E-state index in [1.54, 1.807) is 36.4 Å². The van der Waals surface area contributed by atoms with E-state index in [9.17, 15) is 76.8 Å². The SMILES string of the molecule is CO[C@H]1[C@@H](OP(=O)(O)OC[C@H]2O[C@@H](n3cnc4c(=O)[nH]c(NC(=O)c5ccccc5)nc43)[C@H](OC(=O)C(C)C)[C@@H]2OC(=O)C(C)C)[C@H](n2cnc3c(NC(=O)c4ccccc4)ncnc32)O[C@@H]1COP(=O)(O)OP(=O)(O)OP(=O)(O)OC[C@H]1O[C@@H]([n+]2cn(C)c3c(=O)[nH]c(N)nc32)[C@H](O)[C@@H]1O. The number of benzene rings is 2. The Kier molecular flexibility index (Phi) is 21.6. The number of aromatic amines is 2. The lowest BCUT2D eigenvalue weighted by atomic mass is 10.1. The molecule has 542 valence electrons. The van der Waals surface area contributed by atoms with Crippen molar-refractivity contribution in [1.82, 2.24) is 53.6 Å². The molecule has 8 aromatic rings. The molecule has 3 saturated heterocycles. The minimum Gasteiger partial charge on any atom is -0.455 e. The van der Waals surface area contributed by atoms with Crippen molar-refractivity contribution in [2.24, 2.45) is 18.9 Å². The maximum absolute atomic E-state index is 14.6. The summed E-state index contributed by atoms with van der Waals surface area (Å²) in [5.41, 5.74) is 3.53. The van der Waals surface area contributed by atoms with E-state index in [0.717, 1.165) is 39.8 Å². The molecule has 6 aromatic heterocycles. The summed E-state index contributed by atoms with van der Waals surface area (Å²) in [6, 6.07) is 15.8. The molecule has 4 unspecified atom stereocenters. The molecule has 12 N–H and O–H groups in total. The Morgan fingerprint density at radius 3 is 1.76 bits per heavy atom. The summed E-state index contributed by atoms with van der Waals surface area (Å²) in [5.74, 6) is -5.60. The van der Waals surface area contributed by atoms with E-state index < -0.39 is 171 Å². The summed E-state index contributed by atoms with van der Waals surface area (Å²) in [4.78, 5) is 153. The number of fused-ring (bicyclic) bond motifs is 3. The first-order valence-corrected chi connectivity index (χ1v) is 35.9. The van der Waals surface area contributed by atoms with Crippen LogP contribution in [0.2, 0.25) is 0 Å². The Balaban J connectivity index is 0.830. The highest BCUT2D eigenvalue weighted by molar-refractivity contribution is 7.66. The molecule has 9 heterocycles. The van der Waals surface area contributed by atoms with Gasteiger partial charge in [-0.15, -0.1) is 0 Å². The molecule has 3 fully saturated rings. The Morgan fingerprint density at radius 2 is 1.17 bits per heavy atom. The number of nitrogens with two attached hydrogens (primary N) is 1. The number of carbonyl (C=O) groups excluding carboxylic acids is 4. The largest absolute Gasteiger partial charge is 0.490 e. The predicted molar refractivity (Wildman–Crippen MR) is 336 cm³/mol. The van der Waals surface area contributed by atoms with E-state index in [1.165, 1.54) is 69.9 Å². The molecule has 0 saturated carbocycles. The molecular weight excluding hydrogens is 1430 g/mol. The minimum atomic E-state index is -6.28. The average molecular weight is 1500 g/mol. The Morgan fingerprint density at radius 1 is 0.634 bits per heavy atom. The molecule has 3 aliphatic heterocycles. The number of nitrogen functional groups attached to an aromatic ring is 1. The van der Waals surface area contributed by atoms with Gasteiger partial charge >= 0.3 is 48.9 Å². The quantitative estimate of drug-likeness (QED) is 0.0195. The molecule has 2 amide bonds. The second-order valence-corrected chi connectivity index (χ2v) is 29.2. The van der Waals surface area contributed by atoms with Crippen LogP contribution in [-0.4, -0.2) is 189 Å². The van der Waals surface area contributed by atoms with Crippen LogP contribution in [0.15, 0.2) is 95.6 Å². The molecule has 16 atom stereocenters. The van der Waals surface area contributed by atoms with Crippen molar-refractivity contribution in [3.8, 4) is 0 Å². The van der Waals surface area contributed by atoms with Gasteiger partial charge in [-0.3, -0.25) is 75.8 Å². The van der Waals surface area contributed by atoms with Gasteiger partial charge in [0.15, 0.2) is 59.1 Å². The zero-order valence-electron chi connectivity index (χ0n) is 53.3. The summed E-state index contributed by atoms with van der Waals surface area (Å²) >= 11 is 0. The third-order valence-electron chi connectivity index (χ3n) is 15.4. The van der Waals surface area contributed by atoms with Gasteiger partial charge in [0, 0.05) is 18.2 Å². The Bertz CT molecular complexity index is 4770. The first-order valence-electron chi connectivity index (χ1n) is 30.0. The molecule has 11 rings (SSSR count). The number of phosphoric acid groups is 4. The third kappa shape index (κ3) is 16.3. The van der Waals surface area contributed by atoms with Crippen molar-refractivity contribution < 1.29 is 127 Å². The van der Waals surface area contributed by atoms with Crippen molar-refractivity contribution in [2.45, 2.75) is 101 Å². The zero-order chi connectivity index (χ0) is 72.8. The fourth-order valence-electron chi connectivity index (χ4n) is 10.7. The van der Waals surface area contributed by atoms with Crippen LogP contribution >= 0.6 is 31.3 Å². The molecule has 2 aromatic carbocycles. The number of aliphatic hydroxyl groups excluding tert-OH is 2. The number of imidazole rings is 3. The van der Waals surface area contributed by atoms with Gasteiger partial charge in [-0.25, -0.2) is 42.8 Å².